The summed E-state index contributed by atoms with van der Waals surface area (Å²) in [4.78, 5) is 2.33. The van der Waals surface area contributed by atoms with Gasteiger partial charge in [0.2, 0.25) is 0 Å². The maximum absolute atomic E-state index is 6.41. The molecule has 11 aromatic rings. The third kappa shape index (κ3) is 6.00. The van der Waals surface area contributed by atoms with Gasteiger partial charge in [-0.25, -0.2) is 0 Å². The van der Waals surface area contributed by atoms with Gasteiger partial charge in [-0.1, -0.05) is 170 Å². The van der Waals surface area contributed by atoms with Crippen LogP contribution < -0.4 is 4.90 Å². The van der Waals surface area contributed by atoms with E-state index in [1.807, 2.05) is 12.1 Å². The van der Waals surface area contributed by atoms with Gasteiger partial charge in [0.1, 0.15) is 11.2 Å². The monoisotopic (exact) mass is 739 g/mol. The van der Waals surface area contributed by atoms with Gasteiger partial charge in [-0.15, -0.1) is 0 Å². The van der Waals surface area contributed by atoms with Crippen molar-refractivity contribution in [1.82, 2.24) is 0 Å². The van der Waals surface area contributed by atoms with Crippen molar-refractivity contribution in [3.63, 3.8) is 0 Å². The van der Waals surface area contributed by atoms with Crippen LogP contribution in [0.1, 0.15) is 0 Å². The van der Waals surface area contributed by atoms with Gasteiger partial charge in [-0.2, -0.15) is 0 Å². The van der Waals surface area contributed by atoms with E-state index >= 15 is 0 Å². The van der Waals surface area contributed by atoms with Crippen molar-refractivity contribution in [2.45, 2.75) is 0 Å². The Morgan fingerprint density at radius 3 is 1.41 bits per heavy atom. The van der Waals surface area contributed by atoms with Crippen LogP contribution in [0.4, 0.5) is 17.1 Å². The van der Waals surface area contributed by atoms with E-state index in [-0.39, 0.29) is 0 Å². The van der Waals surface area contributed by atoms with Crippen LogP contribution in [0.15, 0.2) is 229 Å². The highest BCUT2D eigenvalue weighted by molar-refractivity contribution is 6.06. The molecule has 0 aliphatic carbocycles. The molecular weight excluding hydrogens is 703 g/mol. The van der Waals surface area contributed by atoms with E-state index in [9.17, 15) is 0 Å². The Hall–Kier alpha value is -7.68. The topological polar surface area (TPSA) is 16.4 Å². The highest BCUT2D eigenvalue weighted by Crippen LogP contribution is 2.41. The van der Waals surface area contributed by atoms with Crippen molar-refractivity contribution in [3.8, 4) is 44.5 Å². The quantitative estimate of drug-likeness (QED) is 0.162. The average molecular weight is 740 g/mol. The van der Waals surface area contributed by atoms with Crippen molar-refractivity contribution in [2.24, 2.45) is 0 Å². The van der Waals surface area contributed by atoms with Crippen molar-refractivity contribution in [1.29, 1.82) is 0 Å². The summed E-state index contributed by atoms with van der Waals surface area (Å²) in [5, 5.41) is 7.25. The van der Waals surface area contributed by atoms with E-state index in [0.717, 1.165) is 50.1 Å². The Morgan fingerprint density at radius 2 is 0.724 bits per heavy atom. The lowest BCUT2D eigenvalue weighted by molar-refractivity contribution is 0.669. The summed E-state index contributed by atoms with van der Waals surface area (Å²) in [7, 11) is 0. The fourth-order valence-corrected chi connectivity index (χ4v) is 8.59. The van der Waals surface area contributed by atoms with E-state index in [1.54, 1.807) is 0 Å². The first-order valence-corrected chi connectivity index (χ1v) is 19.8. The molecular formula is C56H37NO. The second-order valence-corrected chi connectivity index (χ2v) is 14.9. The average Bonchev–Trinajstić information content (AvgIpc) is 3.67. The molecule has 0 saturated carbocycles. The minimum atomic E-state index is 0.867. The Morgan fingerprint density at radius 1 is 0.259 bits per heavy atom. The molecule has 0 unspecified atom stereocenters. The number of benzene rings is 10. The highest BCUT2D eigenvalue weighted by atomic mass is 16.3. The van der Waals surface area contributed by atoms with Crippen LogP contribution in [0, 0.1) is 0 Å². The molecule has 2 heteroatoms. The maximum atomic E-state index is 6.41. The molecule has 10 aromatic carbocycles. The van der Waals surface area contributed by atoms with E-state index in [0.29, 0.717) is 0 Å². The van der Waals surface area contributed by atoms with Gasteiger partial charge < -0.3 is 9.32 Å². The van der Waals surface area contributed by atoms with E-state index in [4.69, 9.17) is 4.42 Å². The van der Waals surface area contributed by atoms with Crippen molar-refractivity contribution in [2.75, 3.05) is 4.90 Å². The van der Waals surface area contributed by atoms with Gasteiger partial charge >= 0.3 is 0 Å². The number of fused-ring (bicyclic) bond motifs is 5. The minimum absolute atomic E-state index is 0.867. The van der Waals surface area contributed by atoms with Gasteiger partial charge in [0.15, 0.2) is 0 Å². The lowest BCUT2D eigenvalue weighted by Crippen LogP contribution is -2.10. The normalized spacial score (nSPS) is 11.4. The summed E-state index contributed by atoms with van der Waals surface area (Å²) < 4.78 is 6.41. The van der Waals surface area contributed by atoms with Crippen LogP contribution in [0.25, 0.3) is 88.0 Å². The molecule has 0 aliphatic heterocycles. The van der Waals surface area contributed by atoms with Crippen LogP contribution in [0.3, 0.4) is 0 Å². The molecule has 0 bridgehead atoms. The molecule has 1 heterocycles. The highest BCUT2D eigenvalue weighted by Gasteiger charge is 2.17. The SMILES string of the molecule is c1cc(-c2ccc(-c3cccc4ccccc34)cc2)cc(-c2cccc(N(c3ccc(-c4cccc5ccccc45)cc3)c3ccc4c(c3)oc3ccccc34)c2)c1. The Bertz CT molecular complexity index is 3270. The molecule has 11 rings (SSSR count). The van der Waals surface area contributed by atoms with Crippen LogP contribution >= 0.6 is 0 Å². The Labute approximate surface area is 337 Å². The number of furan rings is 1. The molecule has 0 fully saturated rings. The second kappa shape index (κ2) is 14.1. The van der Waals surface area contributed by atoms with Gasteiger partial charge in [-0.3, -0.25) is 0 Å². The van der Waals surface area contributed by atoms with Crippen LogP contribution in [0.5, 0.6) is 0 Å². The molecule has 0 aliphatic rings. The zero-order valence-corrected chi connectivity index (χ0v) is 31.7. The number of anilines is 3. The van der Waals surface area contributed by atoms with Crippen LogP contribution in [-0.2, 0) is 0 Å². The first-order valence-electron chi connectivity index (χ1n) is 19.8. The van der Waals surface area contributed by atoms with Crippen molar-refractivity contribution in [3.05, 3.63) is 224 Å². The number of hydrogen-bond acceptors (Lipinski definition) is 2. The first kappa shape index (κ1) is 33.6. The smallest absolute Gasteiger partial charge is 0.137 e. The summed E-state index contributed by atoms with van der Waals surface area (Å²) in [5.74, 6) is 0. The third-order valence-corrected chi connectivity index (χ3v) is 11.5. The zero-order chi connectivity index (χ0) is 38.4. The van der Waals surface area contributed by atoms with Gasteiger partial charge in [0.25, 0.3) is 0 Å². The van der Waals surface area contributed by atoms with E-state index in [2.05, 4.69) is 217 Å². The number of rotatable bonds is 7. The number of nitrogens with zero attached hydrogens (tertiary/aromatic N) is 1. The molecule has 0 N–H and O–H groups in total. The van der Waals surface area contributed by atoms with Gasteiger partial charge in [0.05, 0.1) is 0 Å². The summed E-state index contributed by atoms with van der Waals surface area (Å²) in [6, 6.07) is 80.7. The summed E-state index contributed by atoms with van der Waals surface area (Å²) in [5.41, 5.74) is 14.5. The van der Waals surface area contributed by atoms with Gasteiger partial charge in [0, 0.05) is 33.9 Å². The lowest BCUT2D eigenvalue weighted by Gasteiger charge is -2.26. The second-order valence-electron chi connectivity index (χ2n) is 14.9. The van der Waals surface area contributed by atoms with Crippen LogP contribution in [0.2, 0.25) is 0 Å². The predicted octanol–water partition coefficient (Wildman–Crippen LogP) is 16.0. The van der Waals surface area contributed by atoms with Crippen molar-refractivity contribution < 1.29 is 4.42 Å². The number of hydrogen-bond donors (Lipinski definition) is 0. The summed E-state index contributed by atoms with van der Waals surface area (Å²) in [6.45, 7) is 0. The maximum Gasteiger partial charge on any atom is 0.137 e. The lowest BCUT2D eigenvalue weighted by atomic mass is 9.95. The molecule has 1 aromatic heterocycles. The molecule has 0 atom stereocenters. The molecule has 0 amide bonds. The molecule has 0 radical (unpaired) electrons. The van der Waals surface area contributed by atoms with Crippen LogP contribution in [-0.4, -0.2) is 0 Å². The molecule has 272 valence electrons. The predicted molar refractivity (Wildman–Crippen MR) is 245 cm³/mol. The Balaban J connectivity index is 0.973. The van der Waals surface area contributed by atoms with E-state index < -0.39 is 0 Å². The largest absolute Gasteiger partial charge is 0.456 e. The zero-order valence-electron chi connectivity index (χ0n) is 31.7. The van der Waals surface area contributed by atoms with Gasteiger partial charge in [-0.05, 0) is 115 Å². The third-order valence-electron chi connectivity index (χ3n) is 11.5. The fourth-order valence-electron chi connectivity index (χ4n) is 8.59. The van der Waals surface area contributed by atoms with Crippen molar-refractivity contribution >= 4 is 60.5 Å². The standard InChI is InChI=1S/C56H37NO/c1-3-19-49-39(11-1)13-9-22-51(49)41-27-25-38(26-28-41)43-15-7-16-44(35-43)45-17-8-18-47(36-45)57(48-33-34-54-53-21-5-6-24-55(53)58-56(54)37-48)46-31-29-42(30-32-46)52-23-10-14-40-12-2-4-20-50(40)52/h1-37H. The Kier molecular flexibility index (Phi) is 8.19. The minimum Gasteiger partial charge on any atom is -0.456 e. The molecule has 0 saturated heterocycles. The summed E-state index contributed by atoms with van der Waals surface area (Å²) >= 11 is 0. The van der Waals surface area contributed by atoms with E-state index in [1.165, 1.54) is 54.9 Å². The summed E-state index contributed by atoms with van der Waals surface area (Å²) in [6.07, 6.45) is 0. The molecule has 58 heavy (non-hydrogen) atoms. The number of para-hydroxylation sites is 1. The first-order chi connectivity index (χ1) is 28.7. The molecule has 0 spiro atoms. The molecule has 2 nitrogen and oxygen atoms in total. The fraction of sp³-hybridized carbons (Fsp3) is 0.